The number of thiophene rings is 1. The van der Waals surface area contributed by atoms with Crippen molar-refractivity contribution >= 4 is 29.0 Å². The van der Waals surface area contributed by atoms with Crippen LogP contribution in [0.4, 0.5) is 5.69 Å². The number of nitrogens with zero attached hydrogens (tertiary/aromatic N) is 2. The van der Waals surface area contributed by atoms with Crippen LogP contribution in [-0.4, -0.2) is 16.0 Å². The minimum Gasteiger partial charge on any atom is -0.339 e. The maximum Gasteiger partial charge on any atom is 0.248 e. The van der Waals surface area contributed by atoms with E-state index in [-0.39, 0.29) is 5.91 Å². The number of aromatic nitrogens is 2. The summed E-state index contributed by atoms with van der Waals surface area (Å²) in [5.41, 5.74) is 2.51. The Hall–Kier alpha value is -3.51. The first-order valence-corrected chi connectivity index (χ1v) is 9.55. The van der Waals surface area contributed by atoms with Gasteiger partial charge in [0.25, 0.3) is 0 Å². The SMILES string of the molecule is Cc1nc(-c2ccccc2NC(=O)/C=C/c2ccc(-c3ccccc3)s2)no1. The van der Waals surface area contributed by atoms with Gasteiger partial charge in [0, 0.05) is 28.3 Å². The molecule has 2 aromatic carbocycles. The van der Waals surface area contributed by atoms with E-state index < -0.39 is 0 Å². The average Bonchev–Trinajstić information content (AvgIpc) is 3.37. The molecule has 0 aliphatic heterocycles. The van der Waals surface area contributed by atoms with Gasteiger partial charge in [0.1, 0.15) is 0 Å². The van der Waals surface area contributed by atoms with E-state index in [1.807, 2.05) is 54.6 Å². The number of para-hydroxylation sites is 1. The molecule has 6 heteroatoms. The van der Waals surface area contributed by atoms with Crippen LogP contribution in [0, 0.1) is 6.92 Å². The fraction of sp³-hybridized carbons (Fsp3) is 0.0455. The third-order valence-corrected chi connectivity index (χ3v) is 5.14. The number of nitrogens with one attached hydrogen (secondary N) is 1. The van der Waals surface area contributed by atoms with Crippen LogP contribution >= 0.6 is 11.3 Å². The van der Waals surface area contributed by atoms with E-state index >= 15 is 0 Å². The number of rotatable bonds is 5. The fourth-order valence-corrected chi connectivity index (χ4v) is 3.64. The third kappa shape index (κ3) is 4.07. The summed E-state index contributed by atoms with van der Waals surface area (Å²) in [4.78, 5) is 18.8. The normalized spacial score (nSPS) is 11.0. The number of hydrogen-bond acceptors (Lipinski definition) is 5. The summed E-state index contributed by atoms with van der Waals surface area (Å²) < 4.78 is 5.04. The maximum absolute atomic E-state index is 12.4. The largest absolute Gasteiger partial charge is 0.339 e. The van der Waals surface area contributed by atoms with Gasteiger partial charge >= 0.3 is 0 Å². The molecular weight excluding hydrogens is 370 g/mol. The topological polar surface area (TPSA) is 68.0 Å². The number of benzene rings is 2. The second-order valence-electron chi connectivity index (χ2n) is 6.07. The summed E-state index contributed by atoms with van der Waals surface area (Å²) >= 11 is 1.64. The van der Waals surface area contributed by atoms with Gasteiger partial charge in [-0.25, -0.2) is 0 Å². The van der Waals surface area contributed by atoms with E-state index in [2.05, 4.69) is 33.7 Å². The van der Waals surface area contributed by atoms with Gasteiger partial charge in [0.15, 0.2) is 0 Å². The maximum atomic E-state index is 12.4. The molecule has 1 amide bonds. The third-order valence-electron chi connectivity index (χ3n) is 4.04. The molecular formula is C22H17N3O2S. The molecule has 2 heterocycles. The lowest BCUT2D eigenvalue weighted by Crippen LogP contribution is -2.08. The molecule has 28 heavy (non-hydrogen) atoms. The Bertz CT molecular complexity index is 1130. The van der Waals surface area contributed by atoms with Crippen LogP contribution in [0.1, 0.15) is 10.8 Å². The highest BCUT2D eigenvalue weighted by Crippen LogP contribution is 2.29. The molecule has 0 radical (unpaired) electrons. The summed E-state index contributed by atoms with van der Waals surface area (Å²) in [6.07, 6.45) is 3.34. The Labute approximate surface area is 166 Å². The number of aryl methyl sites for hydroxylation is 1. The van der Waals surface area contributed by atoms with Crippen LogP contribution in [0.5, 0.6) is 0 Å². The minimum absolute atomic E-state index is 0.220. The lowest BCUT2D eigenvalue weighted by molar-refractivity contribution is -0.111. The first kappa shape index (κ1) is 17.9. The summed E-state index contributed by atoms with van der Waals surface area (Å²) in [5.74, 6) is 0.702. The van der Waals surface area contributed by atoms with Gasteiger partial charge in [-0.3, -0.25) is 4.79 Å². The van der Waals surface area contributed by atoms with Crippen LogP contribution < -0.4 is 5.32 Å². The van der Waals surface area contributed by atoms with Crippen molar-refractivity contribution in [1.82, 2.24) is 10.1 Å². The highest BCUT2D eigenvalue weighted by atomic mass is 32.1. The smallest absolute Gasteiger partial charge is 0.248 e. The summed E-state index contributed by atoms with van der Waals surface area (Å²) in [6.45, 7) is 1.73. The van der Waals surface area contributed by atoms with Crippen molar-refractivity contribution in [3.8, 4) is 21.8 Å². The molecule has 2 aromatic heterocycles. The first-order valence-electron chi connectivity index (χ1n) is 8.73. The second-order valence-corrected chi connectivity index (χ2v) is 7.19. The molecule has 4 rings (SSSR count). The van der Waals surface area contributed by atoms with Gasteiger partial charge in [-0.1, -0.05) is 47.6 Å². The summed E-state index contributed by atoms with van der Waals surface area (Å²) in [5, 5.41) is 6.81. The predicted octanol–water partition coefficient (Wildman–Crippen LogP) is 5.43. The zero-order valence-electron chi connectivity index (χ0n) is 15.1. The number of carbonyl (C=O) groups is 1. The lowest BCUT2D eigenvalue weighted by Gasteiger charge is -2.06. The van der Waals surface area contributed by atoms with Crippen molar-refractivity contribution in [2.24, 2.45) is 0 Å². The molecule has 0 fully saturated rings. The average molecular weight is 387 g/mol. The van der Waals surface area contributed by atoms with Crippen molar-refractivity contribution in [3.63, 3.8) is 0 Å². The zero-order chi connectivity index (χ0) is 19.3. The second kappa shape index (κ2) is 8.02. The van der Waals surface area contributed by atoms with Crippen molar-refractivity contribution in [2.75, 3.05) is 5.32 Å². The molecule has 0 saturated heterocycles. The van der Waals surface area contributed by atoms with Crippen LogP contribution in [0.25, 0.3) is 27.9 Å². The van der Waals surface area contributed by atoms with Gasteiger partial charge in [0.05, 0.1) is 5.69 Å². The Morgan fingerprint density at radius 3 is 2.61 bits per heavy atom. The Morgan fingerprint density at radius 1 is 1.04 bits per heavy atom. The highest BCUT2D eigenvalue weighted by Gasteiger charge is 2.11. The lowest BCUT2D eigenvalue weighted by atomic mass is 10.1. The standard InChI is InChI=1S/C22H17N3O2S/c1-15-23-22(25-27-15)18-9-5-6-10-19(18)24-21(26)14-12-17-11-13-20(28-17)16-7-3-2-4-8-16/h2-14H,1H3,(H,24,26)/b14-12+. The molecule has 0 atom stereocenters. The number of carbonyl (C=O) groups excluding carboxylic acids is 1. The van der Waals surface area contributed by atoms with Crippen molar-refractivity contribution in [3.05, 3.63) is 83.6 Å². The highest BCUT2D eigenvalue weighted by molar-refractivity contribution is 7.16. The van der Waals surface area contributed by atoms with Gasteiger partial charge in [-0.15, -0.1) is 11.3 Å². The first-order chi connectivity index (χ1) is 13.7. The molecule has 0 bridgehead atoms. The van der Waals surface area contributed by atoms with E-state index in [0.29, 0.717) is 23.0 Å². The molecule has 138 valence electrons. The fourth-order valence-electron chi connectivity index (χ4n) is 2.73. The Morgan fingerprint density at radius 2 is 1.82 bits per heavy atom. The van der Waals surface area contributed by atoms with Crippen molar-refractivity contribution in [2.45, 2.75) is 6.92 Å². The van der Waals surface area contributed by atoms with E-state index in [9.17, 15) is 4.79 Å². The molecule has 1 N–H and O–H groups in total. The van der Waals surface area contributed by atoms with Gasteiger partial charge < -0.3 is 9.84 Å². The van der Waals surface area contributed by atoms with Crippen molar-refractivity contribution in [1.29, 1.82) is 0 Å². The quantitative estimate of drug-likeness (QED) is 0.464. The number of anilines is 1. The van der Waals surface area contributed by atoms with E-state index in [1.165, 1.54) is 16.5 Å². The minimum atomic E-state index is -0.220. The van der Waals surface area contributed by atoms with Gasteiger partial charge in [-0.05, 0) is 35.9 Å². The van der Waals surface area contributed by atoms with Crippen LogP contribution in [-0.2, 0) is 4.79 Å². The Balaban J connectivity index is 1.48. The van der Waals surface area contributed by atoms with Crippen LogP contribution in [0.2, 0.25) is 0 Å². The van der Waals surface area contributed by atoms with Crippen LogP contribution in [0.3, 0.4) is 0 Å². The number of hydrogen-bond donors (Lipinski definition) is 1. The molecule has 0 aliphatic carbocycles. The molecule has 5 nitrogen and oxygen atoms in total. The number of amides is 1. The molecule has 0 unspecified atom stereocenters. The predicted molar refractivity (Wildman–Crippen MR) is 112 cm³/mol. The van der Waals surface area contributed by atoms with Crippen LogP contribution in [0.15, 0.2) is 77.3 Å². The molecule has 0 saturated carbocycles. The van der Waals surface area contributed by atoms with Gasteiger partial charge in [0.2, 0.25) is 17.6 Å². The van der Waals surface area contributed by atoms with E-state index in [4.69, 9.17) is 4.52 Å². The van der Waals surface area contributed by atoms with E-state index in [0.717, 1.165) is 4.88 Å². The van der Waals surface area contributed by atoms with Gasteiger partial charge in [-0.2, -0.15) is 4.98 Å². The monoisotopic (exact) mass is 387 g/mol. The molecule has 0 aliphatic rings. The Kier molecular flexibility index (Phi) is 5.12. The zero-order valence-corrected chi connectivity index (χ0v) is 15.9. The molecule has 0 spiro atoms. The molecule has 4 aromatic rings. The van der Waals surface area contributed by atoms with Crippen molar-refractivity contribution < 1.29 is 9.32 Å². The summed E-state index contributed by atoms with van der Waals surface area (Å²) in [6, 6.07) is 21.6. The van der Waals surface area contributed by atoms with E-state index in [1.54, 1.807) is 18.3 Å². The summed E-state index contributed by atoms with van der Waals surface area (Å²) in [7, 11) is 0.